The molecule has 112 valence electrons. The highest BCUT2D eigenvalue weighted by atomic mass is 16.4. The highest BCUT2D eigenvalue weighted by Gasteiger charge is 2.13. The largest absolute Gasteiger partial charge is 0.409 e. The van der Waals surface area contributed by atoms with Crippen LogP contribution in [-0.2, 0) is 6.54 Å². The third-order valence-electron chi connectivity index (χ3n) is 3.38. The van der Waals surface area contributed by atoms with Gasteiger partial charge in [0.2, 0.25) is 0 Å². The van der Waals surface area contributed by atoms with Crippen molar-refractivity contribution in [3.05, 3.63) is 35.4 Å². The molecule has 1 aromatic carbocycles. The zero-order chi connectivity index (χ0) is 15.1. The highest BCUT2D eigenvalue weighted by molar-refractivity contribution is 5.97. The van der Waals surface area contributed by atoms with E-state index >= 15 is 0 Å². The van der Waals surface area contributed by atoms with Gasteiger partial charge in [-0.1, -0.05) is 30.3 Å². The summed E-state index contributed by atoms with van der Waals surface area (Å²) in [7, 11) is 4.17. The maximum absolute atomic E-state index is 8.74. The molecule has 1 rings (SSSR count). The van der Waals surface area contributed by atoms with Crippen LogP contribution in [0.15, 0.2) is 29.4 Å². The molecule has 0 aliphatic heterocycles. The van der Waals surface area contributed by atoms with Crippen molar-refractivity contribution < 1.29 is 5.21 Å². The molecule has 0 spiro atoms. The van der Waals surface area contributed by atoms with E-state index in [1.54, 1.807) is 0 Å². The van der Waals surface area contributed by atoms with Crippen LogP contribution in [0.5, 0.6) is 0 Å². The molecule has 0 radical (unpaired) electrons. The number of hydrogen-bond acceptors (Lipinski definition) is 4. The lowest BCUT2D eigenvalue weighted by Crippen LogP contribution is -2.39. The Morgan fingerprint density at radius 3 is 2.65 bits per heavy atom. The van der Waals surface area contributed by atoms with Gasteiger partial charge in [-0.3, -0.25) is 4.90 Å². The Bertz CT molecular complexity index is 445. The third kappa shape index (κ3) is 4.83. The van der Waals surface area contributed by atoms with Crippen LogP contribution in [0.25, 0.3) is 0 Å². The van der Waals surface area contributed by atoms with Crippen molar-refractivity contribution in [1.82, 2.24) is 9.80 Å². The number of amidine groups is 1. The molecule has 0 saturated heterocycles. The Balaban J connectivity index is 2.80. The first-order valence-corrected chi connectivity index (χ1v) is 6.93. The summed E-state index contributed by atoms with van der Waals surface area (Å²) in [5.74, 6) is 0.149. The van der Waals surface area contributed by atoms with Crippen molar-refractivity contribution >= 4 is 5.84 Å². The Kier molecular flexibility index (Phi) is 6.48. The number of likely N-dealkylation sites (N-methyl/N-ethyl adjacent to an activating group) is 2. The Labute approximate surface area is 121 Å². The Morgan fingerprint density at radius 2 is 2.10 bits per heavy atom. The van der Waals surface area contributed by atoms with E-state index in [-0.39, 0.29) is 5.84 Å². The van der Waals surface area contributed by atoms with Crippen LogP contribution < -0.4 is 5.73 Å². The first-order chi connectivity index (χ1) is 9.47. The number of oxime groups is 1. The van der Waals surface area contributed by atoms with Crippen molar-refractivity contribution in [1.29, 1.82) is 0 Å². The summed E-state index contributed by atoms with van der Waals surface area (Å²) in [5, 5.41) is 11.8. The van der Waals surface area contributed by atoms with Gasteiger partial charge in [0.15, 0.2) is 5.84 Å². The molecule has 0 aliphatic carbocycles. The quantitative estimate of drug-likeness (QED) is 0.344. The lowest BCUT2D eigenvalue weighted by molar-refractivity contribution is 0.174. The van der Waals surface area contributed by atoms with Gasteiger partial charge in [-0.05, 0) is 39.2 Å². The molecule has 1 atom stereocenters. The summed E-state index contributed by atoms with van der Waals surface area (Å²) in [6.45, 7) is 7.27. The van der Waals surface area contributed by atoms with Crippen LogP contribution in [0, 0.1) is 0 Å². The number of hydrogen-bond donors (Lipinski definition) is 2. The standard InChI is InChI=1S/C15H26N4O/c1-5-19(12(2)10-18(3)4)11-13-7-6-8-14(9-13)15(16)17-20/h6-9,12,20H,5,10-11H2,1-4H3,(H2,16,17). The van der Waals surface area contributed by atoms with Crippen LogP contribution in [0.2, 0.25) is 0 Å². The fraction of sp³-hybridized carbons (Fsp3) is 0.533. The van der Waals surface area contributed by atoms with Gasteiger partial charge in [0.25, 0.3) is 0 Å². The predicted octanol–water partition coefficient (Wildman–Crippen LogP) is 1.55. The summed E-state index contributed by atoms with van der Waals surface area (Å²) in [6.07, 6.45) is 0. The minimum Gasteiger partial charge on any atom is -0.409 e. The number of nitrogens with two attached hydrogens (primary N) is 1. The molecule has 5 nitrogen and oxygen atoms in total. The van der Waals surface area contributed by atoms with Gasteiger partial charge in [-0.25, -0.2) is 0 Å². The molecule has 1 aromatic rings. The number of rotatable bonds is 7. The van der Waals surface area contributed by atoms with Gasteiger partial charge in [0, 0.05) is 24.7 Å². The zero-order valence-electron chi connectivity index (χ0n) is 12.9. The van der Waals surface area contributed by atoms with E-state index in [1.807, 2.05) is 18.2 Å². The highest BCUT2D eigenvalue weighted by Crippen LogP contribution is 2.11. The third-order valence-corrected chi connectivity index (χ3v) is 3.38. The van der Waals surface area contributed by atoms with Crippen LogP contribution in [0.3, 0.4) is 0 Å². The molecule has 0 amide bonds. The topological polar surface area (TPSA) is 65.1 Å². The lowest BCUT2D eigenvalue weighted by Gasteiger charge is -2.30. The van der Waals surface area contributed by atoms with Crippen LogP contribution in [0.4, 0.5) is 0 Å². The molecule has 0 aliphatic rings. The van der Waals surface area contributed by atoms with E-state index in [0.29, 0.717) is 6.04 Å². The molecule has 0 aromatic heterocycles. The van der Waals surface area contributed by atoms with Gasteiger partial charge < -0.3 is 15.8 Å². The van der Waals surface area contributed by atoms with Gasteiger partial charge in [0.05, 0.1) is 0 Å². The van der Waals surface area contributed by atoms with Gasteiger partial charge >= 0.3 is 0 Å². The molecule has 0 fully saturated rings. The average Bonchev–Trinajstić information content (AvgIpc) is 2.43. The maximum atomic E-state index is 8.74. The first-order valence-electron chi connectivity index (χ1n) is 6.93. The minimum atomic E-state index is 0.149. The molecule has 0 heterocycles. The van der Waals surface area contributed by atoms with Crippen LogP contribution in [0.1, 0.15) is 25.0 Å². The smallest absolute Gasteiger partial charge is 0.170 e. The SMILES string of the molecule is CCN(Cc1cccc(/C(N)=N/O)c1)C(C)CN(C)C. The fourth-order valence-corrected chi connectivity index (χ4v) is 2.34. The predicted molar refractivity (Wildman–Crippen MR) is 83.1 cm³/mol. The summed E-state index contributed by atoms with van der Waals surface area (Å²) in [6, 6.07) is 8.30. The molecule has 0 saturated carbocycles. The van der Waals surface area contributed by atoms with Crippen molar-refractivity contribution in [3.8, 4) is 0 Å². The van der Waals surface area contributed by atoms with Crippen molar-refractivity contribution in [2.75, 3.05) is 27.2 Å². The Hall–Kier alpha value is -1.59. The second kappa shape index (κ2) is 7.87. The number of benzene rings is 1. The monoisotopic (exact) mass is 278 g/mol. The normalized spacial score (nSPS) is 14.0. The summed E-state index contributed by atoms with van der Waals surface area (Å²) < 4.78 is 0. The van der Waals surface area contributed by atoms with E-state index in [4.69, 9.17) is 10.9 Å². The van der Waals surface area contributed by atoms with Crippen molar-refractivity contribution in [2.24, 2.45) is 10.9 Å². The van der Waals surface area contributed by atoms with Crippen molar-refractivity contribution in [2.45, 2.75) is 26.4 Å². The molecular formula is C15H26N4O. The maximum Gasteiger partial charge on any atom is 0.170 e. The second-order valence-corrected chi connectivity index (χ2v) is 5.36. The minimum absolute atomic E-state index is 0.149. The van der Waals surface area contributed by atoms with Crippen LogP contribution in [-0.4, -0.2) is 54.1 Å². The summed E-state index contributed by atoms with van der Waals surface area (Å²) >= 11 is 0. The zero-order valence-corrected chi connectivity index (χ0v) is 12.9. The molecule has 3 N–H and O–H groups in total. The van der Waals surface area contributed by atoms with Gasteiger partial charge in [0.1, 0.15) is 0 Å². The fourth-order valence-electron chi connectivity index (χ4n) is 2.34. The average molecular weight is 278 g/mol. The van der Waals surface area contributed by atoms with E-state index < -0.39 is 0 Å². The lowest BCUT2D eigenvalue weighted by atomic mass is 10.1. The Morgan fingerprint density at radius 1 is 1.40 bits per heavy atom. The first kappa shape index (κ1) is 16.5. The van der Waals surface area contributed by atoms with Gasteiger partial charge in [-0.2, -0.15) is 0 Å². The number of nitrogens with zero attached hydrogens (tertiary/aromatic N) is 3. The molecular weight excluding hydrogens is 252 g/mol. The van der Waals surface area contributed by atoms with Crippen molar-refractivity contribution in [3.63, 3.8) is 0 Å². The second-order valence-electron chi connectivity index (χ2n) is 5.36. The molecule has 20 heavy (non-hydrogen) atoms. The molecule has 5 heteroatoms. The van der Waals surface area contributed by atoms with E-state index in [1.165, 1.54) is 5.56 Å². The van der Waals surface area contributed by atoms with Crippen LogP contribution >= 0.6 is 0 Å². The molecule has 0 bridgehead atoms. The summed E-state index contributed by atoms with van der Waals surface area (Å²) in [4.78, 5) is 4.60. The molecule has 1 unspecified atom stereocenters. The van der Waals surface area contributed by atoms with E-state index in [0.717, 1.165) is 25.2 Å². The van der Waals surface area contributed by atoms with E-state index in [2.05, 4.69) is 49.0 Å². The summed E-state index contributed by atoms with van der Waals surface area (Å²) in [5.41, 5.74) is 7.55. The van der Waals surface area contributed by atoms with Gasteiger partial charge in [-0.15, -0.1) is 0 Å². The van der Waals surface area contributed by atoms with E-state index in [9.17, 15) is 0 Å².